The topological polar surface area (TPSA) is 17.1 Å². The van der Waals surface area contributed by atoms with Gasteiger partial charge in [-0.2, -0.15) is 0 Å². The van der Waals surface area contributed by atoms with Gasteiger partial charge in [0.25, 0.3) is 0 Å². The second kappa shape index (κ2) is 3.38. The van der Waals surface area contributed by atoms with E-state index in [4.69, 9.17) is 11.6 Å². The maximum atomic E-state index is 11.2. The lowest BCUT2D eigenvalue weighted by Crippen LogP contribution is -2.15. The molecule has 0 aromatic heterocycles. The van der Waals surface area contributed by atoms with Crippen molar-refractivity contribution in [2.45, 2.75) is 38.0 Å². The molecule has 0 spiro atoms. The molecule has 1 saturated carbocycles. The van der Waals surface area contributed by atoms with E-state index < -0.39 is 0 Å². The van der Waals surface area contributed by atoms with Crippen LogP contribution in [0.3, 0.4) is 0 Å². The second-order valence-electron chi connectivity index (χ2n) is 2.93. The van der Waals surface area contributed by atoms with Crippen molar-refractivity contribution < 1.29 is 4.79 Å². The SMILES string of the molecule is CCCC(Cl)C(=O)C1CC1. The highest BCUT2D eigenvalue weighted by atomic mass is 35.5. The Kier molecular flexibility index (Phi) is 2.72. The third kappa shape index (κ3) is 1.98. The van der Waals surface area contributed by atoms with Crippen molar-refractivity contribution in [1.82, 2.24) is 0 Å². The quantitative estimate of drug-likeness (QED) is 0.578. The number of rotatable bonds is 4. The zero-order valence-corrected chi connectivity index (χ0v) is 7.03. The summed E-state index contributed by atoms with van der Waals surface area (Å²) in [4.78, 5) is 11.2. The average Bonchev–Trinajstić information content (AvgIpc) is 2.68. The van der Waals surface area contributed by atoms with E-state index >= 15 is 0 Å². The molecule has 0 amide bonds. The summed E-state index contributed by atoms with van der Waals surface area (Å²) in [5.41, 5.74) is 0. The molecule has 1 aliphatic rings. The Bertz CT molecular complexity index is 129. The summed E-state index contributed by atoms with van der Waals surface area (Å²) in [6.07, 6.45) is 4.00. The first kappa shape index (κ1) is 8.06. The lowest BCUT2D eigenvalue weighted by molar-refractivity contribution is -0.120. The molecule has 0 heterocycles. The first-order chi connectivity index (χ1) is 4.75. The standard InChI is InChI=1S/C8H13ClO/c1-2-3-7(9)8(10)6-4-5-6/h6-7H,2-5H2,1H3. The monoisotopic (exact) mass is 160 g/mol. The van der Waals surface area contributed by atoms with Gasteiger partial charge in [0.1, 0.15) is 0 Å². The number of Topliss-reactive ketones (excluding diaryl/α,β-unsaturated/α-hetero) is 1. The van der Waals surface area contributed by atoms with Crippen LogP contribution >= 0.6 is 11.6 Å². The van der Waals surface area contributed by atoms with Gasteiger partial charge in [0, 0.05) is 5.92 Å². The van der Waals surface area contributed by atoms with E-state index in [1.54, 1.807) is 0 Å². The normalized spacial score (nSPS) is 20.6. The van der Waals surface area contributed by atoms with Crippen LogP contribution in [0.1, 0.15) is 32.6 Å². The molecule has 0 N–H and O–H groups in total. The van der Waals surface area contributed by atoms with Crippen molar-refractivity contribution in [3.05, 3.63) is 0 Å². The minimum atomic E-state index is -0.197. The smallest absolute Gasteiger partial charge is 0.153 e. The fraction of sp³-hybridized carbons (Fsp3) is 0.875. The molecule has 58 valence electrons. The van der Waals surface area contributed by atoms with Gasteiger partial charge in [0.15, 0.2) is 5.78 Å². The predicted octanol–water partition coefficient (Wildman–Crippen LogP) is 2.37. The lowest BCUT2D eigenvalue weighted by Gasteiger charge is -2.03. The molecule has 1 unspecified atom stereocenters. The highest BCUT2D eigenvalue weighted by Gasteiger charge is 2.33. The zero-order valence-electron chi connectivity index (χ0n) is 6.27. The van der Waals surface area contributed by atoms with Crippen molar-refractivity contribution >= 4 is 17.4 Å². The molecule has 0 radical (unpaired) electrons. The summed E-state index contributed by atoms with van der Waals surface area (Å²) >= 11 is 5.82. The number of carbonyl (C=O) groups excluding carboxylic acids is 1. The third-order valence-corrected chi connectivity index (χ3v) is 2.26. The van der Waals surface area contributed by atoms with Crippen molar-refractivity contribution in [2.24, 2.45) is 5.92 Å². The van der Waals surface area contributed by atoms with Crippen molar-refractivity contribution in [3.63, 3.8) is 0 Å². The molecule has 0 aromatic carbocycles. The molecule has 10 heavy (non-hydrogen) atoms. The Morgan fingerprint density at radius 1 is 1.70 bits per heavy atom. The van der Waals surface area contributed by atoms with Gasteiger partial charge in [-0.1, -0.05) is 13.3 Å². The van der Waals surface area contributed by atoms with E-state index in [9.17, 15) is 4.79 Å². The minimum absolute atomic E-state index is 0.197. The summed E-state index contributed by atoms with van der Waals surface area (Å²) in [6.45, 7) is 2.05. The highest BCUT2D eigenvalue weighted by Crippen LogP contribution is 2.32. The maximum absolute atomic E-state index is 11.2. The van der Waals surface area contributed by atoms with E-state index in [2.05, 4.69) is 6.92 Å². The van der Waals surface area contributed by atoms with Gasteiger partial charge >= 0.3 is 0 Å². The predicted molar refractivity (Wildman–Crippen MR) is 42.3 cm³/mol. The Hall–Kier alpha value is -0.0400. The Morgan fingerprint density at radius 3 is 2.70 bits per heavy atom. The molecule has 0 saturated heterocycles. The number of halogens is 1. The van der Waals surface area contributed by atoms with Gasteiger partial charge < -0.3 is 0 Å². The van der Waals surface area contributed by atoms with Crippen molar-refractivity contribution in [2.75, 3.05) is 0 Å². The zero-order chi connectivity index (χ0) is 7.56. The van der Waals surface area contributed by atoms with E-state index in [0.717, 1.165) is 25.7 Å². The number of carbonyl (C=O) groups is 1. The largest absolute Gasteiger partial charge is 0.298 e. The lowest BCUT2D eigenvalue weighted by atomic mass is 10.1. The van der Waals surface area contributed by atoms with Gasteiger partial charge in [-0.05, 0) is 19.3 Å². The van der Waals surface area contributed by atoms with Crippen LogP contribution in [0.15, 0.2) is 0 Å². The Balaban J connectivity index is 2.24. The van der Waals surface area contributed by atoms with Crippen LogP contribution < -0.4 is 0 Å². The molecular weight excluding hydrogens is 148 g/mol. The van der Waals surface area contributed by atoms with E-state index in [1.807, 2.05) is 0 Å². The van der Waals surface area contributed by atoms with Crippen LogP contribution in [0.4, 0.5) is 0 Å². The van der Waals surface area contributed by atoms with E-state index in [0.29, 0.717) is 5.92 Å². The fourth-order valence-electron chi connectivity index (χ4n) is 1.02. The molecule has 1 rings (SSSR count). The van der Waals surface area contributed by atoms with E-state index in [1.165, 1.54) is 0 Å². The van der Waals surface area contributed by atoms with Crippen LogP contribution in [0, 0.1) is 5.92 Å². The molecule has 2 heteroatoms. The average molecular weight is 161 g/mol. The Labute approximate surface area is 66.8 Å². The molecule has 1 atom stereocenters. The van der Waals surface area contributed by atoms with Crippen LogP contribution in [-0.2, 0) is 4.79 Å². The summed E-state index contributed by atoms with van der Waals surface area (Å²) < 4.78 is 0. The van der Waals surface area contributed by atoms with Crippen LogP contribution in [0.5, 0.6) is 0 Å². The van der Waals surface area contributed by atoms with Gasteiger partial charge in [-0.25, -0.2) is 0 Å². The number of ketones is 1. The minimum Gasteiger partial charge on any atom is -0.298 e. The molecule has 1 nitrogen and oxygen atoms in total. The fourth-order valence-corrected chi connectivity index (χ4v) is 1.42. The number of hydrogen-bond donors (Lipinski definition) is 0. The summed E-state index contributed by atoms with van der Waals surface area (Å²) in [7, 11) is 0. The third-order valence-electron chi connectivity index (χ3n) is 1.83. The van der Waals surface area contributed by atoms with Crippen molar-refractivity contribution in [3.8, 4) is 0 Å². The Morgan fingerprint density at radius 2 is 2.30 bits per heavy atom. The van der Waals surface area contributed by atoms with E-state index in [-0.39, 0.29) is 11.2 Å². The molecular formula is C8H13ClO. The summed E-state index contributed by atoms with van der Waals surface area (Å²) in [5, 5.41) is -0.197. The molecule has 1 fully saturated rings. The molecule has 1 aliphatic carbocycles. The summed E-state index contributed by atoms with van der Waals surface area (Å²) in [5.74, 6) is 0.609. The van der Waals surface area contributed by atoms with Gasteiger partial charge in [-0.3, -0.25) is 4.79 Å². The van der Waals surface area contributed by atoms with Crippen LogP contribution in [0.2, 0.25) is 0 Å². The molecule has 0 aliphatic heterocycles. The first-order valence-corrected chi connectivity index (χ1v) is 4.37. The maximum Gasteiger partial charge on any atom is 0.153 e. The summed E-state index contributed by atoms with van der Waals surface area (Å²) in [6, 6.07) is 0. The van der Waals surface area contributed by atoms with Gasteiger partial charge in [-0.15, -0.1) is 11.6 Å². The number of hydrogen-bond acceptors (Lipinski definition) is 1. The van der Waals surface area contributed by atoms with Gasteiger partial charge in [0.05, 0.1) is 5.38 Å². The first-order valence-electron chi connectivity index (χ1n) is 3.93. The second-order valence-corrected chi connectivity index (χ2v) is 3.46. The number of alkyl halides is 1. The molecule has 0 bridgehead atoms. The molecule has 0 aromatic rings. The van der Waals surface area contributed by atoms with Crippen LogP contribution in [0.25, 0.3) is 0 Å². The van der Waals surface area contributed by atoms with Crippen molar-refractivity contribution in [1.29, 1.82) is 0 Å². The van der Waals surface area contributed by atoms with Gasteiger partial charge in [0.2, 0.25) is 0 Å². The van der Waals surface area contributed by atoms with Crippen LogP contribution in [-0.4, -0.2) is 11.2 Å². The highest BCUT2D eigenvalue weighted by molar-refractivity contribution is 6.31.